The number of carbonyl (C=O) groups excluding carboxylic acids is 2. The Morgan fingerprint density at radius 3 is 2.73 bits per heavy atom. The van der Waals surface area contributed by atoms with Gasteiger partial charge in [-0.1, -0.05) is 19.0 Å². The van der Waals surface area contributed by atoms with E-state index in [9.17, 15) is 9.59 Å². The molecule has 7 atom stereocenters. The van der Waals surface area contributed by atoms with Crippen LogP contribution in [0.1, 0.15) is 72.1 Å². The molecule has 6 heteroatoms. The molecule has 6 nitrogen and oxygen atoms in total. The van der Waals surface area contributed by atoms with Gasteiger partial charge in [0.1, 0.15) is 12.4 Å². The Morgan fingerprint density at radius 2 is 2.00 bits per heavy atom. The number of fused-ring (bicyclic) bond motifs is 5. The molecule has 0 radical (unpaired) electrons. The largest absolute Gasteiger partial charge is 0.395 e. The highest BCUT2D eigenvalue weighted by Gasteiger charge is 2.61. The van der Waals surface area contributed by atoms with Gasteiger partial charge in [0.25, 0.3) is 0 Å². The molecule has 4 saturated carbocycles. The third-order valence-electron chi connectivity index (χ3n) is 9.41. The molecule has 0 aromatic rings. The van der Waals surface area contributed by atoms with E-state index in [1.807, 2.05) is 0 Å². The molecular formula is C24H39N3O3. The molecule has 0 bridgehead atoms. The van der Waals surface area contributed by atoms with E-state index >= 15 is 0 Å². The zero-order valence-corrected chi connectivity index (χ0v) is 18.9. The summed E-state index contributed by atoms with van der Waals surface area (Å²) in [6, 6.07) is 0. The quantitative estimate of drug-likeness (QED) is 0.530. The third-order valence-corrected chi connectivity index (χ3v) is 9.41. The molecule has 0 aliphatic heterocycles. The van der Waals surface area contributed by atoms with Gasteiger partial charge in [-0.2, -0.15) is 0 Å². The summed E-state index contributed by atoms with van der Waals surface area (Å²) in [5.74, 6) is 3.25. The molecule has 30 heavy (non-hydrogen) atoms. The maximum atomic E-state index is 12.7. The summed E-state index contributed by atoms with van der Waals surface area (Å²) in [5, 5.41) is 7.52. The van der Waals surface area contributed by atoms with E-state index in [-0.39, 0.29) is 16.7 Å². The summed E-state index contributed by atoms with van der Waals surface area (Å²) in [6.07, 6.45) is 8.22. The molecule has 4 aliphatic carbocycles. The number of Topliss-reactive ketones (excluding diaryl/α,β-unsaturated/α-hetero) is 1. The number of hydrogen-bond acceptors (Lipinski definition) is 5. The average Bonchev–Trinajstić information content (AvgIpc) is 3.01. The van der Waals surface area contributed by atoms with Gasteiger partial charge in [-0.05, 0) is 80.0 Å². The number of rotatable bonds is 5. The SMILES string of the molecule is CC(=O)NCC1C[C@@H]2[C@@H](CC[C@]3(C)C(=O)CC[C@@H]23)[C@@]2(C)CCC(=NOCCN)CC12. The fourth-order valence-electron chi connectivity index (χ4n) is 7.85. The number of amides is 1. The number of oxime groups is 1. The van der Waals surface area contributed by atoms with Crippen LogP contribution < -0.4 is 11.1 Å². The van der Waals surface area contributed by atoms with Crippen molar-refractivity contribution in [3.63, 3.8) is 0 Å². The van der Waals surface area contributed by atoms with Crippen LogP contribution in [-0.4, -0.2) is 37.1 Å². The maximum Gasteiger partial charge on any atom is 0.216 e. The maximum absolute atomic E-state index is 12.7. The summed E-state index contributed by atoms with van der Waals surface area (Å²) in [7, 11) is 0. The van der Waals surface area contributed by atoms with Crippen LogP contribution in [0, 0.1) is 40.4 Å². The summed E-state index contributed by atoms with van der Waals surface area (Å²) in [5.41, 5.74) is 6.82. The Balaban J connectivity index is 1.61. The zero-order chi connectivity index (χ0) is 21.5. The Morgan fingerprint density at radius 1 is 1.20 bits per heavy atom. The lowest BCUT2D eigenvalue weighted by Crippen LogP contribution is -2.57. The fourth-order valence-corrected chi connectivity index (χ4v) is 7.85. The molecule has 1 amide bonds. The first-order valence-electron chi connectivity index (χ1n) is 11.9. The van der Waals surface area contributed by atoms with E-state index in [0.717, 1.165) is 57.2 Å². The Labute approximate surface area is 180 Å². The number of nitrogens with two attached hydrogens (primary N) is 1. The Kier molecular flexibility index (Phi) is 5.99. The first-order chi connectivity index (χ1) is 14.3. The number of nitrogens with zero attached hydrogens (tertiary/aromatic N) is 1. The van der Waals surface area contributed by atoms with Gasteiger partial charge in [-0.25, -0.2) is 0 Å². The summed E-state index contributed by atoms with van der Waals surface area (Å²) in [4.78, 5) is 29.9. The Hall–Kier alpha value is -1.43. The van der Waals surface area contributed by atoms with E-state index in [1.165, 1.54) is 6.42 Å². The first kappa shape index (κ1) is 21.8. The van der Waals surface area contributed by atoms with E-state index in [1.54, 1.807) is 6.92 Å². The minimum Gasteiger partial charge on any atom is -0.395 e. The molecular weight excluding hydrogens is 378 g/mol. The lowest BCUT2D eigenvalue weighted by molar-refractivity contribution is -0.142. The number of hydrogen-bond donors (Lipinski definition) is 2. The van der Waals surface area contributed by atoms with E-state index in [0.29, 0.717) is 48.5 Å². The summed E-state index contributed by atoms with van der Waals surface area (Å²) >= 11 is 0. The highest BCUT2D eigenvalue weighted by atomic mass is 16.6. The lowest BCUT2D eigenvalue weighted by Gasteiger charge is -2.61. The number of nitrogens with one attached hydrogen (secondary N) is 1. The van der Waals surface area contributed by atoms with Gasteiger partial charge in [-0.3, -0.25) is 9.59 Å². The standard InChI is InChI=1S/C24H39N3O3/c1-15(28)26-14-16-12-18-19-4-5-22(29)24(19,3)9-7-20(18)23(2)8-6-17(13-21(16)23)27-30-11-10-25/h16,18-21H,4-14,25H2,1-3H3,(H,26,28)/t16?,18-,19-,20+,21?,23+,24-/m0/s1. The van der Waals surface area contributed by atoms with Gasteiger partial charge in [0.05, 0.1) is 5.71 Å². The van der Waals surface area contributed by atoms with Crippen LogP contribution in [0.3, 0.4) is 0 Å². The zero-order valence-electron chi connectivity index (χ0n) is 18.9. The van der Waals surface area contributed by atoms with E-state index in [4.69, 9.17) is 10.6 Å². The highest BCUT2D eigenvalue weighted by Crippen LogP contribution is 2.66. The van der Waals surface area contributed by atoms with Crippen molar-refractivity contribution in [2.75, 3.05) is 19.7 Å². The molecule has 4 fully saturated rings. The third kappa shape index (κ3) is 3.59. The van der Waals surface area contributed by atoms with Gasteiger partial charge in [0, 0.05) is 31.8 Å². The number of ketones is 1. The van der Waals surface area contributed by atoms with Gasteiger partial charge < -0.3 is 15.9 Å². The highest BCUT2D eigenvalue weighted by molar-refractivity contribution is 5.87. The minimum atomic E-state index is -0.111. The second kappa shape index (κ2) is 8.25. The molecule has 4 aliphatic rings. The van der Waals surface area contributed by atoms with Crippen molar-refractivity contribution in [2.24, 2.45) is 51.3 Å². The van der Waals surface area contributed by atoms with Crippen LogP contribution in [0.15, 0.2) is 5.16 Å². The number of carbonyl (C=O) groups is 2. The first-order valence-corrected chi connectivity index (χ1v) is 11.9. The average molecular weight is 418 g/mol. The summed E-state index contributed by atoms with van der Waals surface area (Å²) < 4.78 is 0. The topological polar surface area (TPSA) is 93.8 Å². The van der Waals surface area contributed by atoms with Gasteiger partial charge in [0.15, 0.2) is 0 Å². The van der Waals surface area contributed by atoms with Gasteiger partial charge in [0.2, 0.25) is 5.91 Å². The van der Waals surface area contributed by atoms with Crippen LogP contribution in [0.5, 0.6) is 0 Å². The van der Waals surface area contributed by atoms with Crippen molar-refractivity contribution in [3.8, 4) is 0 Å². The minimum absolute atomic E-state index is 0.0410. The predicted octanol–water partition coefficient (Wildman–Crippen LogP) is 3.29. The molecule has 4 rings (SSSR count). The molecule has 2 unspecified atom stereocenters. The monoisotopic (exact) mass is 417 g/mol. The van der Waals surface area contributed by atoms with Crippen LogP contribution >= 0.6 is 0 Å². The molecule has 168 valence electrons. The second-order valence-corrected chi connectivity index (χ2v) is 10.8. The molecule has 0 aromatic carbocycles. The van der Waals surface area contributed by atoms with Crippen molar-refractivity contribution < 1.29 is 14.4 Å². The predicted molar refractivity (Wildman–Crippen MR) is 117 cm³/mol. The molecule has 0 heterocycles. The fraction of sp³-hybridized carbons (Fsp3) is 0.875. The van der Waals surface area contributed by atoms with Crippen molar-refractivity contribution in [1.29, 1.82) is 0 Å². The molecule has 0 spiro atoms. The Bertz CT molecular complexity index is 722. The summed E-state index contributed by atoms with van der Waals surface area (Å²) in [6.45, 7) is 8.00. The van der Waals surface area contributed by atoms with Crippen LogP contribution in [0.4, 0.5) is 0 Å². The molecule has 3 N–H and O–H groups in total. The lowest BCUT2D eigenvalue weighted by atomic mass is 9.43. The van der Waals surface area contributed by atoms with Crippen LogP contribution in [0.2, 0.25) is 0 Å². The molecule has 0 aromatic heterocycles. The second-order valence-electron chi connectivity index (χ2n) is 10.8. The van der Waals surface area contributed by atoms with E-state index in [2.05, 4.69) is 24.3 Å². The van der Waals surface area contributed by atoms with Gasteiger partial charge >= 0.3 is 0 Å². The van der Waals surface area contributed by atoms with E-state index < -0.39 is 0 Å². The molecule has 0 saturated heterocycles. The smallest absolute Gasteiger partial charge is 0.216 e. The van der Waals surface area contributed by atoms with Gasteiger partial charge in [-0.15, -0.1) is 0 Å². The van der Waals surface area contributed by atoms with Crippen molar-refractivity contribution in [2.45, 2.75) is 72.1 Å². The van der Waals surface area contributed by atoms with Crippen LogP contribution in [0.25, 0.3) is 0 Å². The van der Waals surface area contributed by atoms with Crippen molar-refractivity contribution in [3.05, 3.63) is 0 Å². The van der Waals surface area contributed by atoms with Crippen LogP contribution in [-0.2, 0) is 14.4 Å². The normalized spacial score (nSPS) is 44.2. The van der Waals surface area contributed by atoms with Crippen molar-refractivity contribution >= 4 is 17.4 Å². The van der Waals surface area contributed by atoms with Crippen molar-refractivity contribution in [1.82, 2.24) is 5.32 Å².